The molecule has 10 heteroatoms. The smallest absolute Gasteiger partial charge is 0.258 e. The minimum Gasteiger partial charge on any atom is -0.496 e. The highest BCUT2D eigenvalue weighted by molar-refractivity contribution is 6.14. The number of rotatable bonds is 6. The number of amides is 1. The molecule has 0 bridgehead atoms. The van der Waals surface area contributed by atoms with Crippen molar-refractivity contribution in [3.63, 3.8) is 0 Å². The van der Waals surface area contributed by atoms with Crippen LogP contribution in [0, 0.1) is 17.2 Å². The van der Waals surface area contributed by atoms with Crippen LogP contribution in [0.1, 0.15) is 12.8 Å². The molecule has 2 N–H and O–H groups in total. The van der Waals surface area contributed by atoms with Crippen LogP contribution >= 0.6 is 0 Å². The second-order valence-corrected chi connectivity index (χ2v) is 8.69. The molecule has 2 fully saturated rings. The maximum Gasteiger partial charge on any atom is 0.258 e. The highest BCUT2D eigenvalue weighted by Crippen LogP contribution is 2.36. The molecule has 2 saturated heterocycles. The molecule has 0 spiro atoms. The number of fused-ring (bicyclic) bond motifs is 2. The van der Waals surface area contributed by atoms with E-state index in [1.807, 2.05) is 18.2 Å². The third-order valence-electron chi connectivity index (χ3n) is 6.65. The number of allylic oxidation sites excluding steroid dienone is 2. The van der Waals surface area contributed by atoms with Crippen molar-refractivity contribution in [3.8, 4) is 5.75 Å². The average Bonchev–Trinajstić information content (AvgIpc) is 3.43. The summed E-state index contributed by atoms with van der Waals surface area (Å²) in [5, 5.41) is 11.8. The molecule has 1 aliphatic carbocycles. The van der Waals surface area contributed by atoms with Gasteiger partial charge in [-0.1, -0.05) is 12.1 Å². The van der Waals surface area contributed by atoms with E-state index in [0.717, 1.165) is 36.0 Å². The van der Waals surface area contributed by atoms with Crippen LogP contribution in [0.3, 0.4) is 0 Å². The van der Waals surface area contributed by atoms with Crippen LogP contribution in [0.2, 0.25) is 0 Å². The summed E-state index contributed by atoms with van der Waals surface area (Å²) in [6, 6.07) is 5.74. The molecule has 9 nitrogen and oxygen atoms in total. The Morgan fingerprint density at radius 2 is 2.09 bits per heavy atom. The number of aromatic nitrogens is 2. The lowest BCUT2D eigenvalue weighted by Crippen LogP contribution is -2.36. The zero-order valence-electron chi connectivity index (χ0n) is 18.9. The molecule has 1 aromatic heterocycles. The minimum absolute atomic E-state index is 0.0528. The van der Waals surface area contributed by atoms with E-state index >= 15 is 0 Å². The van der Waals surface area contributed by atoms with Crippen LogP contribution in [0.15, 0.2) is 52.7 Å². The van der Waals surface area contributed by atoms with E-state index in [-0.39, 0.29) is 29.7 Å². The monoisotopic (exact) mass is 463 g/mol. The van der Waals surface area contributed by atoms with Gasteiger partial charge in [-0.2, -0.15) is 5.10 Å². The fraction of sp³-hybridized carbons (Fsp3) is 0.375. The van der Waals surface area contributed by atoms with E-state index in [1.54, 1.807) is 24.3 Å². The number of halogens is 1. The molecule has 5 rings (SSSR count). The summed E-state index contributed by atoms with van der Waals surface area (Å²) in [6.45, 7) is 2.62. The van der Waals surface area contributed by atoms with Crippen LogP contribution < -0.4 is 15.1 Å². The first-order valence-corrected chi connectivity index (χ1v) is 11.3. The number of likely N-dealkylation sites (tertiary alicyclic amines) is 1. The third kappa shape index (κ3) is 4.00. The number of benzene rings is 1. The van der Waals surface area contributed by atoms with Crippen molar-refractivity contribution in [1.29, 1.82) is 5.41 Å². The van der Waals surface area contributed by atoms with Crippen molar-refractivity contribution in [3.05, 3.63) is 47.6 Å². The number of nitrogens with zero attached hydrogens (tertiary/aromatic N) is 5. The van der Waals surface area contributed by atoms with Crippen LogP contribution in [0.25, 0.3) is 10.9 Å². The van der Waals surface area contributed by atoms with Gasteiger partial charge in [0.1, 0.15) is 11.6 Å². The van der Waals surface area contributed by atoms with Crippen LogP contribution in [-0.4, -0.2) is 66.5 Å². The molecule has 0 radical (unpaired) electrons. The van der Waals surface area contributed by atoms with Crippen LogP contribution in [0.4, 0.5) is 10.3 Å². The van der Waals surface area contributed by atoms with Crippen molar-refractivity contribution in [2.24, 2.45) is 16.9 Å². The minimum atomic E-state index is -0.418. The van der Waals surface area contributed by atoms with Crippen molar-refractivity contribution in [2.45, 2.75) is 12.8 Å². The van der Waals surface area contributed by atoms with Gasteiger partial charge in [0.15, 0.2) is 0 Å². The fourth-order valence-corrected chi connectivity index (χ4v) is 5.02. The Morgan fingerprint density at radius 1 is 1.29 bits per heavy atom. The van der Waals surface area contributed by atoms with Crippen molar-refractivity contribution >= 4 is 35.2 Å². The molecule has 2 aliphatic heterocycles. The number of methoxy groups -OCH3 is 1. The molecule has 2 unspecified atom stereocenters. The largest absolute Gasteiger partial charge is 0.496 e. The van der Waals surface area contributed by atoms with Gasteiger partial charge in [0, 0.05) is 56.8 Å². The molecule has 1 aromatic carbocycles. The summed E-state index contributed by atoms with van der Waals surface area (Å²) in [4.78, 5) is 26.4. The highest BCUT2D eigenvalue weighted by atomic mass is 19.1. The van der Waals surface area contributed by atoms with Gasteiger partial charge >= 0.3 is 0 Å². The Bertz CT molecular complexity index is 1210. The quantitative estimate of drug-likeness (QED) is 0.504. The molecule has 0 saturated carbocycles. The summed E-state index contributed by atoms with van der Waals surface area (Å²) < 4.78 is 20.1. The van der Waals surface area contributed by atoms with E-state index in [9.17, 15) is 9.18 Å². The lowest BCUT2D eigenvalue weighted by Gasteiger charge is -2.25. The van der Waals surface area contributed by atoms with Crippen LogP contribution in [0.5, 0.6) is 5.75 Å². The number of hydrogen-bond donors (Lipinski definition) is 2. The van der Waals surface area contributed by atoms with Crippen molar-refractivity contribution in [2.75, 3.05) is 38.2 Å². The summed E-state index contributed by atoms with van der Waals surface area (Å²) in [7, 11) is 1.63. The SMILES string of the molecule is COc1cccc2nc(N3CC4CN(C(=O)C5=C(F)CCC=C5N/N=C\C=N)CC4C3)ncc12. The molecule has 34 heavy (non-hydrogen) atoms. The average molecular weight is 464 g/mol. The summed E-state index contributed by atoms with van der Waals surface area (Å²) in [5.41, 5.74) is 3.96. The molecule has 176 valence electrons. The first kappa shape index (κ1) is 22.0. The summed E-state index contributed by atoms with van der Waals surface area (Å²) in [5.74, 6) is 1.24. The van der Waals surface area contributed by atoms with Gasteiger partial charge < -0.3 is 19.9 Å². The highest BCUT2D eigenvalue weighted by Gasteiger charge is 2.43. The topological polar surface area (TPSA) is 107 Å². The van der Waals surface area contributed by atoms with E-state index < -0.39 is 5.83 Å². The van der Waals surface area contributed by atoms with E-state index in [1.165, 1.54) is 6.21 Å². The Morgan fingerprint density at radius 3 is 2.82 bits per heavy atom. The molecule has 3 heterocycles. The number of ether oxygens (including phenoxy) is 1. The first-order chi connectivity index (χ1) is 16.6. The van der Waals surface area contributed by atoms with Gasteiger partial charge in [0.25, 0.3) is 5.91 Å². The molecule has 1 amide bonds. The molecular formula is C24H26FN7O2. The van der Waals surface area contributed by atoms with Gasteiger partial charge in [0.2, 0.25) is 5.95 Å². The second-order valence-electron chi connectivity index (χ2n) is 8.69. The van der Waals surface area contributed by atoms with Gasteiger partial charge in [0.05, 0.1) is 35.5 Å². The number of anilines is 1. The Hall–Kier alpha value is -3.82. The number of carbonyl (C=O) groups is 1. The second kappa shape index (κ2) is 9.20. The van der Waals surface area contributed by atoms with Crippen LogP contribution in [-0.2, 0) is 4.79 Å². The van der Waals surface area contributed by atoms with E-state index in [4.69, 9.17) is 15.1 Å². The Labute approximate surface area is 196 Å². The molecule has 3 aliphatic rings. The maximum absolute atomic E-state index is 14.7. The standard InChI is InChI=1S/C24H26FN7O2/c1-34-21-7-3-5-19-17(21)10-27-24(29-19)32-13-15-11-31(12-16(15)14-32)23(33)22-18(25)4-2-6-20(22)30-28-9-8-26/h3,5-10,15-16,26,30H,2,4,11-14H2,1H3/b26-8?,28-9-. The van der Waals surface area contributed by atoms with Crippen molar-refractivity contribution < 1.29 is 13.9 Å². The molecule has 2 aromatic rings. The zero-order valence-corrected chi connectivity index (χ0v) is 18.9. The van der Waals surface area contributed by atoms with E-state index in [2.05, 4.69) is 20.4 Å². The Kier molecular flexibility index (Phi) is 5.95. The Balaban J connectivity index is 1.27. The third-order valence-corrected chi connectivity index (χ3v) is 6.65. The lowest BCUT2D eigenvalue weighted by molar-refractivity contribution is -0.126. The number of hydrogen-bond acceptors (Lipinski definition) is 8. The van der Waals surface area contributed by atoms with Gasteiger partial charge in [-0.25, -0.2) is 14.4 Å². The maximum atomic E-state index is 14.7. The van der Waals surface area contributed by atoms with Gasteiger partial charge in [-0.05, 0) is 18.6 Å². The zero-order chi connectivity index (χ0) is 23.7. The number of nitrogens with one attached hydrogen (secondary N) is 2. The predicted octanol–water partition coefficient (Wildman–Crippen LogP) is 2.66. The summed E-state index contributed by atoms with van der Waals surface area (Å²) >= 11 is 0. The van der Waals surface area contributed by atoms with Crippen molar-refractivity contribution in [1.82, 2.24) is 20.3 Å². The van der Waals surface area contributed by atoms with E-state index in [0.29, 0.717) is 31.2 Å². The number of carbonyl (C=O) groups excluding carboxylic acids is 1. The molecule has 2 atom stereocenters. The predicted molar refractivity (Wildman–Crippen MR) is 128 cm³/mol. The first-order valence-electron chi connectivity index (χ1n) is 11.3. The van der Waals surface area contributed by atoms with Gasteiger partial charge in [-0.15, -0.1) is 0 Å². The van der Waals surface area contributed by atoms with Gasteiger partial charge in [-0.3, -0.25) is 10.2 Å². The normalized spacial score (nSPS) is 22.4. The lowest BCUT2D eigenvalue weighted by atomic mass is 10.0. The molecular weight excluding hydrogens is 437 g/mol. The summed E-state index contributed by atoms with van der Waals surface area (Å²) in [6.07, 6.45) is 6.54. The number of hydrazone groups is 1. The fourth-order valence-electron chi connectivity index (χ4n) is 5.02.